The Balaban J connectivity index is 3.42. The minimum atomic E-state index is -1.33. The van der Waals surface area contributed by atoms with Gasteiger partial charge in [0.1, 0.15) is 17.1 Å². The number of nitrogens with one attached hydrogen (secondary N) is 1. The van der Waals surface area contributed by atoms with E-state index in [1.807, 2.05) is 0 Å². The maximum atomic E-state index is 12.8. The summed E-state index contributed by atoms with van der Waals surface area (Å²) in [5, 5.41) is 2.54. The average molecular weight is 474 g/mol. The van der Waals surface area contributed by atoms with E-state index in [0.717, 1.165) is 0 Å². The highest BCUT2D eigenvalue weighted by Crippen LogP contribution is 2.35. The number of ether oxygens (including phenoxy) is 5. The Morgan fingerprint density at radius 2 is 1.48 bits per heavy atom. The number of rotatable bonds is 5. The molecule has 1 N–H and O–H groups in total. The van der Waals surface area contributed by atoms with Gasteiger partial charge in [-0.1, -0.05) is 0 Å². The van der Waals surface area contributed by atoms with E-state index in [1.165, 1.54) is 21.3 Å². The van der Waals surface area contributed by atoms with Gasteiger partial charge in [0.15, 0.2) is 5.79 Å². The summed E-state index contributed by atoms with van der Waals surface area (Å²) in [6, 6.07) is -0.557. The molecular formula is C22H39N3O8. The molecule has 190 valence electrons. The van der Waals surface area contributed by atoms with Gasteiger partial charge in [0, 0.05) is 20.8 Å². The average Bonchev–Trinajstić information content (AvgIpc) is 3.13. The molecule has 0 saturated carbocycles. The van der Waals surface area contributed by atoms with Gasteiger partial charge < -0.3 is 28.6 Å². The van der Waals surface area contributed by atoms with Crippen molar-refractivity contribution in [1.82, 2.24) is 10.2 Å². The van der Waals surface area contributed by atoms with E-state index >= 15 is 0 Å². The molecule has 0 radical (unpaired) electrons. The maximum Gasteiger partial charge on any atom is 0.437 e. The van der Waals surface area contributed by atoms with E-state index in [0.29, 0.717) is 19.4 Å². The molecular weight excluding hydrogens is 434 g/mol. The number of carbonyl (C=O) groups is 3. The first-order chi connectivity index (χ1) is 15.1. The number of esters is 1. The first-order valence-corrected chi connectivity index (χ1v) is 10.8. The van der Waals surface area contributed by atoms with Crippen molar-refractivity contribution < 1.29 is 38.1 Å². The molecule has 0 aromatic rings. The highest BCUT2D eigenvalue weighted by molar-refractivity contribution is 5.99. The zero-order chi connectivity index (χ0) is 25.6. The summed E-state index contributed by atoms with van der Waals surface area (Å²) in [7, 11) is 4.12. The van der Waals surface area contributed by atoms with Crippen LogP contribution in [0.4, 0.5) is 9.59 Å². The molecule has 0 aliphatic carbocycles. The van der Waals surface area contributed by atoms with Crippen molar-refractivity contribution in [3.05, 3.63) is 0 Å². The number of hydrogen-bond donors (Lipinski definition) is 1. The highest BCUT2D eigenvalue weighted by Gasteiger charge is 2.50. The van der Waals surface area contributed by atoms with Crippen molar-refractivity contribution in [2.24, 2.45) is 10.9 Å². The second kappa shape index (κ2) is 11.1. The summed E-state index contributed by atoms with van der Waals surface area (Å²) < 4.78 is 26.7. The maximum absolute atomic E-state index is 12.8. The van der Waals surface area contributed by atoms with E-state index in [1.54, 1.807) is 53.4 Å². The van der Waals surface area contributed by atoms with Crippen molar-refractivity contribution in [3.8, 4) is 0 Å². The number of guanidine groups is 1. The Labute approximate surface area is 196 Å². The molecule has 1 saturated heterocycles. The molecule has 0 bridgehead atoms. The van der Waals surface area contributed by atoms with Crippen molar-refractivity contribution in [2.45, 2.75) is 84.3 Å². The minimum Gasteiger partial charge on any atom is -0.469 e. The standard InChI is InChI=1S/C22H39N3O8/c1-20(2,3)32-18(27)23-17(24-19(28)33-21(4,5)6)25-13-11-12-14(25)15(16(26)29-8)22(7,30-9)31-10/h14-15H,11-13H2,1-10H3,(H,23,24,27,28)/t14-,15+/m0/s1. The molecule has 2 amide bonds. The van der Waals surface area contributed by atoms with Gasteiger partial charge in [-0.05, 0) is 61.3 Å². The summed E-state index contributed by atoms with van der Waals surface area (Å²) in [6.45, 7) is 12.3. The van der Waals surface area contributed by atoms with Gasteiger partial charge >= 0.3 is 18.2 Å². The van der Waals surface area contributed by atoms with Crippen LogP contribution in [0, 0.1) is 5.92 Å². The minimum absolute atomic E-state index is 0.0931. The fourth-order valence-corrected chi connectivity index (χ4v) is 3.52. The lowest BCUT2D eigenvalue weighted by Crippen LogP contribution is -2.57. The van der Waals surface area contributed by atoms with Crippen LogP contribution < -0.4 is 5.32 Å². The number of aliphatic imine (C=N–C) groups is 1. The van der Waals surface area contributed by atoms with Crippen LogP contribution >= 0.6 is 0 Å². The molecule has 0 unspecified atom stereocenters. The molecule has 1 aliphatic rings. The normalized spacial score (nSPS) is 18.5. The van der Waals surface area contributed by atoms with Crippen molar-refractivity contribution in [2.75, 3.05) is 27.9 Å². The van der Waals surface area contributed by atoms with Crippen LogP contribution in [0.15, 0.2) is 4.99 Å². The fraction of sp³-hybridized carbons (Fsp3) is 0.818. The van der Waals surface area contributed by atoms with Crippen molar-refractivity contribution >= 4 is 24.1 Å². The Hall–Kier alpha value is -2.40. The van der Waals surface area contributed by atoms with Crippen LogP contribution in [0.1, 0.15) is 61.3 Å². The van der Waals surface area contributed by atoms with Gasteiger partial charge in [-0.3, -0.25) is 10.1 Å². The first-order valence-electron chi connectivity index (χ1n) is 10.8. The van der Waals surface area contributed by atoms with Crippen LogP contribution in [0.3, 0.4) is 0 Å². The SMILES string of the molecule is COC(=O)[C@@H]([C@@H]1CCCN1/C(=N/C(=O)OC(C)(C)C)NC(=O)OC(C)(C)C)C(C)(OC)OC. The number of carbonyl (C=O) groups excluding carboxylic acids is 3. The third-order valence-electron chi connectivity index (χ3n) is 4.99. The third kappa shape index (κ3) is 8.47. The Kier molecular flexibility index (Phi) is 9.67. The zero-order valence-corrected chi connectivity index (χ0v) is 21.4. The van der Waals surface area contributed by atoms with Gasteiger partial charge in [-0.15, -0.1) is 4.99 Å². The number of likely N-dealkylation sites (tertiary alicyclic amines) is 1. The van der Waals surface area contributed by atoms with Gasteiger partial charge in [-0.2, -0.15) is 0 Å². The monoisotopic (exact) mass is 473 g/mol. The van der Waals surface area contributed by atoms with E-state index in [9.17, 15) is 14.4 Å². The topological polar surface area (TPSA) is 125 Å². The largest absolute Gasteiger partial charge is 0.469 e. The van der Waals surface area contributed by atoms with Gasteiger partial charge in [-0.25, -0.2) is 9.59 Å². The van der Waals surface area contributed by atoms with Gasteiger partial charge in [0.2, 0.25) is 5.96 Å². The molecule has 1 fully saturated rings. The second-order valence-corrected chi connectivity index (χ2v) is 9.87. The Bertz CT molecular complexity index is 735. The molecule has 0 spiro atoms. The molecule has 1 aliphatic heterocycles. The molecule has 1 heterocycles. The molecule has 33 heavy (non-hydrogen) atoms. The molecule has 0 aromatic heterocycles. The number of amides is 2. The van der Waals surface area contributed by atoms with Crippen LogP contribution in [0.2, 0.25) is 0 Å². The molecule has 0 aromatic carbocycles. The van der Waals surface area contributed by atoms with E-state index in [-0.39, 0.29) is 5.96 Å². The number of alkyl carbamates (subject to hydrolysis) is 1. The fourth-order valence-electron chi connectivity index (χ4n) is 3.52. The number of nitrogens with zero attached hydrogens (tertiary/aromatic N) is 2. The first kappa shape index (κ1) is 28.6. The Morgan fingerprint density at radius 1 is 0.939 bits per heavy atom. The van der Waals surface area contributed by atoms with Crippen molar-refractivity contribution in [1.29, 1.82) is 0 Å². The molecule has 11 heteroatoms. The predicted molar refractivity (Wildman–Crippen MR) is 121 cm³/mol. The van der Waals surface area contributed by atoms with E-state index < -0.39 is 47.1 Å². The highest BCUT2D eigenvalue weighted by atomic mass is 16.7. The number of methoxy groups -OCH3 is 3. The summed E-state index contributed by atoms with van der Waals surface area (Å²) in [6.07, 6.45) is -0.502. The second-order valence-electron chi connectivity index (χ2n) is 9.87. The Morgan fingerprint density at radius 3 is 1.94 bits per heavy atom. The van der Waals surface area contributed by atoms with E-state index in [2.05, 4.69) is 10.3 Å². The third-order valence-corrected chi connectivity index (χ3v) is 4.99. The smallest absolute Gasteiger partial charge is 0.437 e. The van der Waals surface area contributed by atoms with Crippen LogP contribution in [0.25, 0.3) is 0 Å². The zero-order valence-electron chi connectivity index (χ0n) is 21.4. The molecule has 2 atom stereocenters. The van der Waals surface area contributed by atoms with Crippen molar-refractivity contribution in [3.63, 3.8) is 0 Å². The van der Waals surface area contributed by atoms with Crippen LogP contribution in [-0.4, -0.2) is 79.9 Å². The number of hydrogen-bond acceptors (Lipinski definition) is 8. The summed E-state index contributed by atoms with van der Waals surface area (Å²) in [5.74, 6) is -2.90. The molecule has 1 rings (SSSR count). The van der Waals surface area contributed by atoms with Crippen LogP contribution in [-0.2, 0) is 28.5 Å². The summed E-state index contributed by atoms with van der Waals surface area (Å²) in [4.78, 5) is 43.5. The van der Waals surface area contributed by atoms with E-state index in [4.69, 9.17) is 23.7 Å². The lowest BCUT2D eigenvalue weighted by molar-refractivity contribution is -0.239. The quantitative estimate of drug-likeness (QED) is 0.211. The van der Waals surface area contributed by atoms with Gasteiger partial charge in [0.05, 0.1) is 13.2 Å². The lowest BCUT2D eigenvalue weighted by atomic mass is 9.89. The lowest BCUT2D eigenvalue weighted by Gasteiger charge is -2.40. The predicted octanol–water partition coefficient (Wildman–Crippen LogP) is 3.06. The van der Waals surface area contributed by atoms with Crippen LogP contribution in [0.5, 0.6) is 0 Å². The van der Waals surface area contributed by atoms with Gasteiger partial charge in [0.25, 0.3) is 0 Å². The summed E-state index contributed by atoms with van der Waals surface area (Å²) in [5.41, 5.74) is -1.56. The summed E-state index contributed by atoms with van der Waals surface area (Å²) >= 11 is 0. The molecule has 11 nitrogen and oxygen atoms in total.